The van der Waals surface area contributed by atoms with E-state index in [2.05, 4.69) is 26.1 Å². The number of nitrogens with one attached hydrogen (secondary N) is 1. The monoisotopic (exact) mass is 254 g/mol. The molecule has 0 aromatic carbocycles. The van der Waals surface area contributed by atoms with Gasteiger partial charge >= 0.3 is 0 Å². The topological polar surface area (TPSA) is 49.4 Å². The van der Waals surface area contributed by atoms with E-state index in [0.717, 1.165) is 12.8 Å². The van der Waals surface area contributed by atoms with Crippen LogP contribution in [0.4, 0.5) is 0 Å². The van der Waals surface area contributed by atoms with Crippen molar-refractivity contribution in [3.8, 4) is 0 Å². The molecule has 0 radical (unpaired) electrons. The fourth-order valence-corrected chi connectivity index (χ4v) is 2.65. The Morgan fingerprint density at radius 2 is 1.83 bits per heavy atom. The average molecular weight is 254 g/mol. The molecule has 4 nitrogen and oxygen atoms in total. The minimum absolute atomic E-state index is 0.0287. The van der Waals surface area contributed by atoms with Crippen LogP contribution in [-0.2, 0) is 9.59 Å². The van der Waals surface area contributed by atoms with Crippen LogP contribution in [0.5, 0.6) is 0 Å². The zero-order chi connectivity index (χ0) is 13.9. The standard InChI is InChI=1S/C14H26N2O2/c1-6-10(5)13-14(18)16(8-12(17)15-13)11(7-2)9(3)4/h9-11,13H,6-8H2,1-5H3,(H,15,17). The van der Waals surface area contributed by atoms with Gasteiger partial charge in [0.1, 0.15) is 6.04 Å². The molecule has 0 aromatic rings. The first kappa shape index (κ1) is 15.0. The van der Waals surface area contributed by atoms with Crippen LogP contribution >= 0.6 is 0 Å². The maximum absolute atomic E-state index is 12.5. The van der Waals surface area contributed by atoms with Gasteiger partial charge in [0.15, 0.2) is 0 Å². The Balaban J connectivity index is 2.91. The Morgan fingerprint density at radius 3 is 2.28 bits per heavy atom. The summed E-state index contributed by atoms with van der Waals surface area (Å²) in [6, 6.07) is -0.181. The summed E-state index contributed by atoms with van der Waals surface area (Å²) in [5.74, 6) is 0.625. The predicted molar refractivity (Wildman–Crippen MR) is 72.0 cm³/mol. The van der Waals surface area contributed by atoms with E-state index in [1.807, 2.05) is 13.8 Å². The predicted octanol–water partition coefficient (Wildman–Crippen LogP) is 1.79. The molecule has 1 fully saturated rings. The molecule has 0 bridgehead atoms. The minimum Gasteiger partial charge on any atom is -0.342 e. The molecular weight excluding hydrogens is 228 g/mol. The van der Waals surface area contributed by atoms with Gasteiger partial charge in [0.25, 0.3) is 0 Å². The van der Waals surface area contributed by atoms with Crippen LogP contribution in [0.2, 0.25) is 0 Å². The molecule has 1 saturated heterocycles. The van der Waals surface area contributed by atoms with Crippen molar-refractivity contribution < 1.29 is 9.59 Å². The van der Waals surface area contributed by atoms with Gasteiger partial charge in [-0.25, -0.2) is 0 Å². The third kappa shape index (κ3) is 3.03. The van der Waals surface area contributed by atoms with E-state index in [9.17, 15) is 9.59 Å². The molecule has 3 atom stereocenters. The molecule has 1 aliphatic rings. The van der Waals surface area contributed by atoms with Crippen molar-refractivity contribution in [3.05, 3.63) is 0 Å². The molecule has 104 valence electrons. The highest BCUT2D eigenvalue weighted by molar-refractivity contribution is 5.95. The van der Waals surface area contributed by atoms with Crippen molar-refractivity contribution in [2.75, 3.05) is 6.54 Å². The summed E-state index contributed by atoms with van der Waals surface area (Å²) in [5.41, 5.74) is 0. The summed E-state index contributed by atoms with van der Waals surface area (Å²) < 4.78 is 0. The van der Waals surface area contributed by atoms with E-state index in [1.54, 1.807) is 4.90 Å². The second-order valence-corrected chi connectivity index (χ2v) is 5.62. The van der Waals surface area contributed by atoms with Crippen molar-refractivity contribution in [2.45, 2.75) is 59.5 Å². The fourth-order valence-electron chi connectivity index (χ4n) is 2.65. The van der Waals surface area contributed by atoms with E-state index in [1.165, 1.54) is 0 Å². The Morgan fingerprint density at radius 1 is 1.22 bits per heavy atom. The smallest absolute Gasteiger partial charge is 0.246 e. The molecule has 3 unspecified atom stereocenters. The van der Waals surface area contributed by atoms with Crippen LogP contribution in [0.25, 0.3) is 0 Å². The highest BCUT2D eigenvalue weighted by atomic mass is 16.2. The van der Waals surface area contributed by atoms with Crippen molar-refractivity contribution in [2.24, 2.45) is 11.8 Å². The molecule has 0 aliphatic carbocycles. The van der Waals surface area contributed by atoms with Gasteiger partial charge in [-0.05, 0) is 18.3 Å². The van der Waals surface area contributed by atoms with E-state index in [0.29, 0.717) is 5.92 Å². The third-order valence-electron chi connectivity index (χ3n) is 3.98. The molecule has 1 aliphatic heterocycles. The lowest BCUT2D eigenvalue weighted by Gasteiger charge is -2.41. The first-order chi connectivity index (χ1) is 8.42. The summed E-state index contributed by atoms with van der Waals surface area (Å²) in [6.07, 6.45) is 1.78. The van der Waals surface area contributed by atoms with Gasteiger partial charge < -0.3 is 10.2 Å². The van der Waals surface area contributed by atoms with Crippen molar-refractivity contribution in [1.29, 1.82) is 0 Å². The number of carbonyl (C=O) groups is 2. The van der Waals surface area contributed by atoms with Crippen LogP contribution in [-0.4, -0.2) is 35.3 Å². The number of rotatable bonds is 5. The molecule has 0 spiro atoms. The second kappa shape index (κ2) is 6.21. The SMILES string of the molecule is CCC(C)C1NC(=O)CN(C(CC)C(C)C)C1=O. The number of piperazine rings is 1. The Hall–Kier alpha value is -1.06. The Bertz CT molecular complexity index is 315. The molecule has 0 saturated carbocycles. The number of hydrogen-bond donors (Lipinski definition) is 1. The van der Waals surface area contributed by atoms with E-state index in [4.69, 9.17) is 0 Å². The lowest BCUT2D eigenvalue weighted by atomic mass is 9.92. The van der Waals surface area contributed by atoms with Crippen LogP contribution in [0, 0.1) is 11.8 Å². The maximum atomic E-state index is 12.5. The summed E-state index contributed by atoms with van der Waals surface area (Å²) in [7, 11) is 0. The zero-order valence-electron chi connectivity index (χ0n) is 12.2. The molecule has 1 heterocycles. The van der Waals surface area contributed by atoms with Gasteiger partial charge in [0.05, 0.1) is 6.54 Å². The first-order valence-electron chi connectivity index (χ1n) is 7.02. The van der Waals surface area contributed by atoms with Gasteiger partial charge in [-0.1, -0.05) is 41.0 Å². The Kier molecular flexibility index (Phi) is 5.17. The molecule has 4 heteroatoms. The number of amides is 2. The highest BCUT2D eigenvalue weighted by Gasteiger charge is 2.38. The largest absolute Gasteiger partial charge is 0.342 e. The Labute approximate surface area is 110 Å². The fraction of sp³-hybridized carbons (Fsp3) is 0.857. The maximum Gasteiger partial charge on any atom is 0.246 e. The van der Waals surface area contributed by atoms with Crippen LogP contribution in [0.1, 0.15) is 47.5 Å². The summed E-state index contributed by atoms with van der Waals surface area (Å²) in [4.78, 5) is 26.1. The third-order valence-corrected chi connectivity index (χ3v) is 3.98. The van der Waals surface area contributed by atoms with Crippen molar-refractivity contribution in [3.63, 3.8) is 0 Å². The minimum atomic E-state index is -0.343. The highest BCUT2D eigenvalue weighted by Crippen LogP contribution is 2.21. The summed E-state index contributed by atoms with van der Waals surface area (Å²) in [5, 5.41) is 2.83. The van der Waals surface area contributed by atoms with Gasteiger partial charge in [0, 0.05) is 6.04 Å². The molecule has 2 amide bonds. The molecular formula is C14H26N2O2. The van der Waals surface area contributed by atoms with E-state index in [-0.39, 0.29) is 36.4 Å². The van der Waals surface area contributed by atoms with Crippen molar-refractivity contribution >= 4 is 11.8 Å². The second-order valence-electron chi connectivity index (χ2n) is 5.62. The zero-order valence-corrected chi connectivity index (χ0v) is 12.2. The first-order valence-corrected chi connectivity index (χ1v) is 7.02. The number of carbonyl (C=O) groups excluding carboxylic acids is 2. The van der Waals surface area contributed by atoms with Crippen LogP contribution < -0.4 is 5.32 Å². The van der Waals surface area contributed by atoms with Gasteiger partial charge in [0.2, 0.25) is 11.8 Å². The lowest BCUT2D eigenvalue weighted by Crippen LogP contribution is -2.63. The summed E-state index contributed by atoms with van der Waals surface area (Å²) >= 11 is 0. The van der Waals surface area contributed by atoms with E-state index < -0.39 is 0 Å². The van der Waals surface area contributed by atoms with Crippen LogP contribution in [0.3, 0.4) is 0 Å². The quantitative estimate of drug-likeness (QED) is 0.813. The van der Waals surface area contributed by atoms with Crippen molar-refractivity contribution in [1.82, 2.24) is 10.2 Å². The normalized spacial score (nSPS) is 24.1. The molecule has 1 N–H and O–H groups in total. The van der Waals surface area contributed by atoms with Gasteiger partial charge in [-0.3, -0.25) is 9.59 Å². The van der Waals surface area contributed by atoms with Crippen LogP contribution in [0.15, 0.2) is 0 Å². The number of nitrogens with zero attached hydrogens (tertiary/aromatic N) is 1. The molecule has 18 heavy (non-hydrogen) atoms. The van der Waals surface area contributed by atoms with E-state index >= 15 is 0 Å². The van der Waals surface area contributed by atoms with Gasteiger partial charge in [-0.15, -0.1) is 0 Å². The number of hydrogen-bond acceptors (Lipinski definition) is 2. The van der Waals surface area contributed by atoms with Gasteiger partial charge in [-0.2, -0.15) is 0 Å². The average Bonchev–Trinajstić information content (AvgIpc) is 2.32. The lowest BCUT2D eigenvalue weighted by molar-refractivity contribution is -0.149. The summed E-state index contributed by atoms with van der Waals surface area (Å²) in [6.45, 7) is 10.6. The molecule has 1 rings (SSSR count). The molecule has 0 aromatic heterocycles.